The standard InChI is InChI=1S/C23H36N2O6S/c1-18-5-11-21(12-6-18)32(27,28)29-17-19-7-9-20(10-8-19)31-25-15-13-24(14-16-25)22(26)30-23(2,3)4/h5-6,11-12,19-20H,7-10,13-17H2,1-4H3. The van der Waals surface area contributed by atoms with Crippen molar-refractivity contribution in [3.05, 3.63) is 29.8 Å². The van der Waals surface area contributed by atoms with E-state index in [9.17, 15) is 13.2 Å². The number of piperazine rings is 1. The molecule has 0 unspecified atom stereocenters. The van der Waals surface area contributed by atoms with Crippen molar-refractivity contribution in [3.8, 4) is 0 Å². The van der Waals surface area contributed by atoms with E-state index in [1.54, 1.807) is 29.2 Å². The van der Waals surface area contributed by atoms with Gasteiger partial charge >= 0.3 is 6.09 Å². The lowest BCUT2D eigenvalue weighted by molar-refractivity contribution is -0.218. The van der Waals surface area contributed by atoms with Gasteiger partial charge in [0, 0.05) is 26.2 Å². The number of ether oxygens (including phenoxy) is 1. The van der Waals surface area contributed by atoms with Crippen molar-refractivity contribution in [2.24, 2.45) is 5.92 Å². The largest absolute Gasteiger partial charge is 0.444 e. The number of aryl methyl sites for hydroxylation is 1. The van der Waals surface area contributed by atoms with Gasteiger partial charge in [0.25, 0.3) is 10.1 Å². The molecule has 0 atom stereocenters. The molecular weight excluding hydrogens is 432 g/mol. The number of carbonyl (C=O) groups is 1. The smallest absolute Gasteiger partial charge is 0.410 e. The van der Waals surface area contributed by atoms with Crippen LogP contribution in [-0.4, -0.2) is 69.0 Å². The van der Waals surface area contributed by atoms with Gasteiger partial charge in [-0.05, 0) is 71.4 Å². The van der Waals surface area contributed by atoms with Gasteiger partial charge in [0.15, 0.2) is 0 Å². The van der Waals surface area contributed by atoms with Crippen LogP contribution in [0.3, 0.4) is 0 Å². The van der Waals surface area contributed by atoms with E-state index in [1.807, 2.05) is 32.8 Å². The summed E-state index contributed by atoms with van der Waals surface area (Å²) in [7, 11) is -3.72. The molecule has 1 aliphatic heterocycles. The summed E-state index contributed by atoms with van der Waals surface area (Å²) < 4.78 is 35.5. The van der Waals surface area contributed by atoms with E-state index >= 15 is 0 Å². The van der Waals surface area contributed by atoms with Crippen molar-refractivity contribution in [1.29, 1.82) is 0 Å². The maximum absolute atomic E-state index is 12.4. The molecule has 9 heteroatoms. The molecule has 1 saturated carbocycles. The van der Waals surface area contributed by atoms with Crippen LogP contribution in [0.1, 0.15) is 52.0 Å². The fraction of sp³-hybridized carbons (Fsp3) is 0.696. The Morgan fingerprint density at radius 1 is 1.00 bits per heavy atom. The van der Waals surface area contributed by atoms with E-state index in [0.717, 1.165) is 31.2 Å². The Morgan fingerprint density at radius 2 is 1.59 bits per heavy atom. The Kier molecular flexibility index (Phi) is 8.19. The molecule has 1 amide bonds. The van der Waals surface area contributed by atoms with E-state index < -0.39 is 15.7 Å². The van der Waals surface area contributed by atoms with Gasteiger partial charge in [0.05, 0.1) is 17.6 Å². The summed E-state index contributed by atoms with van der Waals surface area (Å²) in [6.07, 6.45) is 3.31. The molecule has 180 valence electrons. The molecule has 32 heavy (non-hydrogen) atoms. The van der Waals surface area contributed by atoms with Gasteiger partial charge in [0.2, 0.25) is 0 Å². The quantitative estimate of drug-likeness (QED) is 0.588. The highest BCUT2D eigenvalue weighted by Crippen LogP contribution is 2.28. The Bertz CT molecular complexity index is 849. The minimum absolute atomic E-state index is 0.119. The average molecular weight is 469 g/mol. The molecule has 1 saturated heterocycles. The first-order valence-electron chi connectivity index (χ1n) is 11.4. The van der Waals surface area contributed by atoms with Crippen LogP contribution >= 0.6 is 0 Å². The van der Waals surface area contributed by atoms with Crippen molar-refractivity contribution in [2.45, 2.75) is 70.0 Å². The molecule has 3 rings (SSSR count). The molecule has 2 aliphatic rings. The molecule has 0 bridgehead atoms. The third-order valence-electron chi connectivity index (χ3n) is 5.75. The van der Waals surface area contributed by atoms with Crippen LogP contribution in [0.25, 0.3) is 0 Å². The van der Waals surface area contributed by atoms with Gasteiger partial charge in [-0.1, -0.05) is 17.7 Å². The Morgan fingerprint density at radius 3 is 2.16 bits per heavy atom. The summed E-state index contributed by atoms with van der Waals surface area (Å²) in [5.41, 5.74) is 0.514. The number of carbonyl (C=O) groups excluding carboxylic acids is 1. The lowest BCUT2D eigenvalue weighted by Gasteiger charge is -2.37. The number of hydroxylamine groups is 2. The molecule has 8 nitrogen and oxygen atoms in total. The topological polar surface area (TPSA) is 85.4 Å². The predicted molar refractivity (Wildman–Crippen MR) is 121 cm³/mol. The first-order valence-corrected chi connectivity index (χ1v) is 12.8. The zero-order valence-electron chi connectivity index (χ0n) is 19.6. The van der Waals surface area contributed by atoms with Crippen LogP contribution in [-0.2, 0) is 23.9 Å². The highest BCUT2D eigenvalue weighted by atomic mass is 32.2. The lowest BCUT2D eigenvalue weighted by atomic mass is 9.88. The van der Waals surface area contributed by atoms with Gasteiger partial charge in [-0.25, -0.2) is 4.79 Å². The van der Waals surface area contributed by atoms with E-state index in [4.69, 9.17) is 13.8 Å². The third kappa shape index (κ3) is 7.43. The normalized spacial score (nSPS) is 23.2. The maximum atomic E-state index is 12.4. The molecule has 2 fully saturated rings. The van der Waals surface area contributed by atoms with Crippen molar-refractivity contribution >= 4 is 16.2 Å². The lowest BCUT2D eigenvalue weighted by Crippen LogP contribution is -2.50. The van der Waals surface area contributed by atoms with Gasteiger partial charge < -0.3 is 9.64 Å². The summed E-state index contributed by atoms with van der Waals surface area (Å²) >= 11 is 0. The fourth-order valence-corrected chi connectivity index (χ4v) is 4.85. The fourth-order valence-electron chi connectivity index (χ4n) is 3.88. The second kappa shape index (κ2) is 10.5. The minimum atomic E-state index is -3.72. The first-order chi connectivity index (χ1) is 15.0. The Labute approximate surface area is 191 Å². The van der Waals surface area contributed by atoms with Crippen molar-refractivity contribution in [2.75, 3.05) is 32.8 Å². The van der Waals surface area contributed by atoms with Gasteiger partial charge in [-0.2, -0.15) is 13.5 Å². The molecule has 1 aromatic carbocycles. The summed E-state index contributed by atoms with van der Waals surface area (Å²) in [5.74, 6) is 0.207. The van der Waals surface area contributed by atoms with E-state index in [-0.39, 0.29) is 29.6 Å². The van der Waals surface area contributed by atoms with Crippen LogP contribution in [0.4, 0.5) is 4.79 Å². The number of hydrogen-bond donors (Lipinski definition) is 0. The number of rotatable bonds is 6. The van der Waals surface area contributed by atoms with Crippen LogP contribution in [0.5, 0.6) is 0 Å². The van der Waals surface area contributed by atoms with Crippen molar-refractivity contribution in [3.63, 3.8) is 0 Å². The number of hydrogen-bond acceptors (Lipinski definition) is 7. The van der Waals surface area contributed by atoms with Gasteiger partial charge in [0.1, 0.15) is 5.60 Å². The molecule has 0 spiro atoms. The van der Waals surface area contributed by atoms with Crippen LogP contribution in [0.15, 0.2) is 29.2 Å². The molecule has 1 aliphatic carbocycles. The molecule has 1 heterocycles. The summed E-state index contributed by atoms with van der Waals surface area (Å²) in [5, 5.41) is 1.93. The monoisotopic (exact) mass is 468 g/mol. The van der Waals surface area contributed by atoms with Crippen LogP contribution < -0.4 is 0 Å². The molecule has 0 aromatic heterocycles. The van der Waals surface area contributed by atoms with E-state index in [2.05, 4.69) is 0 Å². The second-order valence-electron chi connectivity index (χ2n) is 9.70. The molecular formula is C23H36N2O6S. The Balaban J connectivity index is 1.36. The number of nitrogens with zero attached hydrogens (tertiary/aromatic N) is 2. The van der Waals surface area contributed by atoms with Crippen LogP contribution in [0.2, 0.25) is 0 Å². The van der Waals surface area contributed by atoms with E-state index in [0.29, 0.717) is 26.2 Å². The van der Waals surface area contributed by atoms with Crippen molar-refractivity contribution < 1.29 is 27.0 Å². The minimum Gasteiger partial charge on any atom is -0.444 e. The average Bonchev–Trinajstić information content (AvgIpc) is 2.73. The SMILES string of the molecule is Cc1ccc(S(=O)(=O)OCC2CCC(ON3CCN(C(=O)OC(C)(C)C)CC3)CC2)cc1. The summed E-state index contributed by atoms with van der Waals surface area (Å²) in [6, 6.07) is 6.70. The van der Waals surface area contributed by atoms with Gasteiger partial charge in [-0.3, -0.25) is 9.02 Å². The Hall–Kier alpha value is -1.68. The highest BCUT2D eigenvalue weighted by Gasteiger charge is 2.29. The third-order valence-corrected chi connectivity index (χ3v) is 7.05. The summed E-state index contributed by atoms with van der Waals surface area (Å²) in [4.78, 5) is 20.2. The zero-order chi connectivity index (χ0) is 23.4. The molecule has 1 aromatic rings. The van der Waals surface area contributed by atoms with Crippen LogP contribution in [0, 0.1) is 12.8 Å². The summed E-state index contributed by atoms with van der Waals surface area (Å²) in [6.45, 7) is 10.2. The second-order valence-corrected chi connectivity index (χ2v) is 11.3. The number of benzene rings is 1. The first kappa shape index (κ1) is 25.0. The molecule has 0 radical (unpaired) electrons. The van der Waals surface area contributed by atoms with Gasteiger partial charge in [-0.15, -0.1) is 0 Å². The number of amides is 1. The maximum Gasteiger partial charge on any atom is 0.410 e. The van der Waals surface area contributed by atoms with Crippen molar-refractivity contribution in [1.82, 2.24) is 9.96 Å². The highest BCUT2D eigenvalue weighted by molar-refractivity contribution is 7.86. The zero-order valence-corrected chi connectivity index (χ0v) is 20.4. The molecule has 0 N–H and O–H groups in total. The van der Waals surface area contributed by atoms with E-state index in [1.165, 1.54) is 0 Å². The predicted octanol–water partition coefficient (Wildman–Crippen LogP) is 3.74.